The third-order valence-electron chi connectivity index (χ3n) is 4.80. The third-order valence-corrected chi connectivity index (χ3v) is 6.29. The summed E-state index contributed by atoms with van der Waals surface area (Å²) < 4.78 is 31.5. The Balaban J connectivity index is 1.67. The SMILES string of the molecule is CN(CCOc1ccc(Cl)cc1)C(=O)[C@@H]1Cc2ccccc2CN1S(C)(=O)=O. The Labute approximate surface area is 170 Å². The van der Waals surface area contributed by atoms with Crippen molar-refractivity contribution in [3.63, 3.8) is 0 Å². The minimum Gasteiger partial charge on any atom is -0.492 e. The molecular formula is C20H23ClN2O4S. The molecule has 2 aromatic rings. The second-order valence-electron chi connectivity index (χ2n) is 6.86. The number of sulfonamides is 1. The number of hydrogen-bond donors (Lipinski definition) is 0. The normalized spacial score (nSPS) is 17.0. The topological polar surface area (TPSA) is 66.9 Å². The highest BCUT2D eigenvalue weighted by atomic mass is 35.5. The highest BCUT2D eigenvalue weighted by molar-refractivity contribution is 7.88. The van der Waals surface area contributed by atoms with Gasteiger partial charge in [0.25, 0.3) is 0 Å². The van der Waals surface area contributed by atoms with E-state index in [1.54, 1.807) is 31.3 Å². The van der Waals surface area contributed by atoms with E-state index in [-0.39, 0.29) is 12.5 Å². The lowest BCUT2D eigenvalue weighted by Crippen LogP contribution is -2.53. The lowest BCUT2D eigenvalue weighted by molar-refractivity contribution is -0.134. The van der Waals surface area contributed by atoms with Gasteiger partial charge in [-0.05, 0) is 41.8 Å². The summed E-state index contributed by atoms with van der Waals surface area (Å²) in [5.41, 5.74) is 1.94. The van der Waals surface area contributed by atoms with E-state index in [1.165, 1.54) is 9.21 Å². The standard InChI is InChI=1S/C20H23ClN2O4S/c1-22(11-12-27-18-9-7-17(21)8-10-18)20(24)19-13-15-5-3-4-6-16(15)14-23(19)28(2,25)26/h3-10,19H,11-14H2,1-2H3/t19-/m0/s1. The van der Waals surface area contributed by atoms with Crippen molar-refractivity contribution in [1.29, 1.82) is 0 Å². The highest BCUT2D eigenvalue weighted by Gasteiger charge is 2.37. The van der Waals surface area contributed by atoms with E-state index in [9.17, 15) is 13.2 Å². The number of nitrogens with zero attached hydrogens (tertiary/aromatic N) is 2. The maximum atomic E-state index is 13.0. The van der Waals surface area contributed by atoms with Crippen LogP contribution in [-0.4, -0.2) is 56.0 Å². The molecule has 150 valence electrons. The fourth-order valence-corrected chi connectivity index (χ4v) is 4.38. The number of rotatable bonds is 6. The molecule has 0 bridgehead atoms. The molecule has 0 spiro atoms. The van der Waals surface area contributed by atoms with E-state index in [2.05, 4.69) is 0 Å². The van der Waals surface area contributed by atoms with Gasteiger partial charge in [-0.1, -0.05) is 35.9 Å². The van der Waals surface area contributed by atoms with Crippen molar-refractivity contribution in [2.75, 3.05) is 26.5 Å². The fourth-order valence-electron chi connectivity index (χ4n) is 3.25. The van der Waals surface area contributed by atoms with Gasteiger partial charge < -0.3 is 9.64 Å². The highest BCUT2D eigenvalue weighted by Crippen LogP contribution is 2.26. The molecular weight excluding hydrogens is 400 g/mol. The molecule has 0 saturated carbocycles. The molecule has 0 aliphatic carbocycles. The van der Waals surface area contributed by atoms with Crippen LogP contribution >= 0.6 is 11.6 Å². The first-order valence-electron chi connectivity index (χ1n) is 8.92. The molecule has 0 saturated heterocycles. The summed E-state index contributed by atoms with van der Waals surface area (Å²) in [6.07, 6.45) is 1.51. The van der Waals surface area contributed by atoms with Crippen LogP contribution in [0.3, 0.4) is 0 Å². The number of ether oxygens (including phenoxy) is 1. The average molecular weight is 423 g/mol. The Hall–Kier alpha value is -2.09. The van der Waals surface area contributed by atoms with Gasteiger partial charge >= 0.3 is 0 Å². The molecule has 1 atom stereocenters. The van der Waals surface area contributed by atoms with Crippen molar-refractivity contribution in [3.05, 3.63) is 64.7 Å². The molecule has 0 fully saturated rings. The molecule has 2 aromatic carbocycles. The van der Waals surface area contributed by atoms with Crippen molar-refractivity contribution >= 4 is 27.5 Å². The van der Waals surface area contributed by atoms with Crippen LogP contribution in [-0.2, 0) is 27.8 Å². The van der Waals surface area contributed by atoms with Gasteiger partial charge in [0, 0.05) is 18.6 Å². The molecule has 1 heterocycles. The summed E-state index contributed by atoms with van der Waals surface area (Å²) in [7, 11) is -1.86. The zero-order chi connectivity index (χ0) is 20.3. The van der Waals surface area contributed by atoms with Gasteiger partial charge in [-0.15, -0.1) is 0 Å². The van der Waals surface area contributed by atoms with Crippen molar-refractivity contribution in [2.24, 2.45) is 0 Å². The first-order valence-corrected chi connectivity index (χ1v) is 11.2. The van der Waals surface area contributed by atoms with E-state index in [0.29, 0.717) is 30.3 Å². The first-order chi connectivity index (χ1) is 13.3. The monoisotopic (exact) mass is 422 g/mol. The molecule has 1 amide bonds. The molecule has 0 unspecified atom stereocenters. The quantitative estimate of drug-likeness (QED) is 0.717. The second-order valence-corrected chi connectivity index (χ2v) is 9.23. The Kier molecular flexibility index (Phi) is 6.27. The minimum atomic E-state index is -3.52. The number of benzene rings is 2. The molecule has 1 aliphatic rings. The summed E-state index contributed by atoms with van der Waals surface area (Å²) in [6, 6.07) is 13.9. The van der Waals surface area contributed by atoms with Crippen molar-refractivity contribution < 1.29 is 17.9 Å². The zero-order valence-electron chi connectivity index (χ0n) is 15.8. The molecule has 1 aliphatic heterocycles. The summed E-state index contributed by atoms with van der Waals surface area (Å²) in [5, 5.41) is 0.623. The number of amides is 1. The largest absolute Gasteiger partial charge is 0.492 e. The van der Waals surface area contributed by atoms with Gasteiger partial charge in [0.15, 0.2) is 0 Å². The van der Waals surface area contributed by atoms with Crippen LogP contribution in [0.2, 0.25) is 5.02 Å². The average Bonchev–Trinajstić information content (AvgIpc) is 2.67. The number of likely N-dealkylation sites (N-methyl/N-ethyl adjacent to an activating group) is 1. The third kappa shape index (κ3) is 4.84. The lowest BCUT2D eigenvalue weighted by atomic mass is 9.95. The van der Waals surface area contributed by atoms with E-state index in [1.807, 2.05) is 24.3 Å². The van der Waals surface area contributed by atoms with Crippen LogP contribution in [0.5, 0.6) is 5.75 Å². The molecule has 0 radical (unpaired) electrons. The van der Waals surface area contributed by atoms with E-state index in [4.69, 9.17) is 16.3 Å². The van der Waals surface area contributed by atoms with Crippen molar-refractivity contribution in [3.8, 4) is 5.75 Å². The van der Waals surface area contributed by atoms with Gasteiger partial charge in [0.05, 0.1) is 12.8 Å². The Morgan fingerprint density at radius 2 is 1.82 bits per heavy atom. The van der Waals surface area contributed by atoms with Crippen LogP contribution in [0.25, 0.3) is 0 Å². The number of carbonyl (C=O) groups excluding carboxylic acids is 1. The van der Waals surface area contributed by atoms with Crippen LogP contribution in [0.1, 0.15) is 11.1 Å². The number of halogens is 1. The Morgan fingerprint density at radius 3 is 2.46 bits per heavy atom. The molecule has 3 rings (SSSR count). The second kappa shape index (κ2) is 8.51. The maximum Gasteiger partial charge on any atom is 0.241 e. The van der Waals surface area contributed by atoms with Gasteiger partial charge in [-0.25, -0.2) is 8.42 Å². The Morgan fingerprint density at radius 1 is 1.18 bits per heavy atom. The molecule has 8 heteroatoms. The van der Waals surface area contributed by atoms with E-state index in [0.717, 1.165) is 17.4 Å². The number of hydrogen-bond acceptors (Lipinski definition) is 4. The van der Waals surface area contributed by atoms with Crippen LogP contribution in [0.15, 0.2) is 48.5 Å². The van der Waals surface area contributed by atoms with E-state index < -0.39 is 16.1 Å². The predicted molar refractivity (Wildman–Crippen MR) is 109 cm³/mol. The zero-order valence-corrected chi connectivity index (χ0v) is 17.4. The van der Waals surface area contributed by atoms with Gasteiger partial charge in [0.1, 0.15) is 18.4 Å². The minimum absolute atomic E-state index is 0.209. The number of fused-ring (bicyclic) bond motifs is 1. The number of carbonyl (C=O) groups is 1. The summed E-state index contributed by atoms with van der Waals surface area (Å²) >= 11 is 5.85. The van der Waals surface area contributed by atoms with Crippen molar-refractivity contribution in [2.45, 2.75) is 19.0 Å². The molecule has 28 heavy (non-hydrogen) atoms. The van der Waals surface area contributed by atoms with Crippen LogP contribution in [0, 0.1) is 0 Å². The van der Waals surface area contributed by atoms with Gasteiger partial charge in [-0.3, -0.25) is 4.79 Å². The Bertz CT molecular complexity index is 947. The summed E-state index contributed by atoms with van der Waals surface area (Å²) in [4.78, 5) is 14.5. The molecule has 0 aromatic heterocycles. The van der Waals surface area contributed by atoms with Crippen LogP contribution in [0.4, 0.5) is 0 Å². The molecule has 0 N–H and O–H groups in total. The van der Waals surface area contributed by atoms with Gasteiger partial charge in [-0.2, -0.15) is 4.31 Å². The first kappa shape index (κ1) is 20.6. The predicted octanol–water partition coefficient (Wildman–Crippen LogP) is 2.56. The summed E-state index contributed by atoms with van der Waals surface area (Å²) in [5.74, 6) is 0.425. The van der Waals surface area contributed by atoms with Crippen LogP contribution < -0.4 is 4.74 Å². The smallest absolute Gasteiger partial charge is 0.241 e. The fraction of sp³-hybridized carbons (Fsp3) is 0.350. The summed E-state index contributed by atoms with van der Waals surface area (Å²) in [6.45, 7) is 0.851. The maximum absolute atomic E-state index is 13.0. The lowest BCUT2D eigenvalue weighted by Gasteiger charge is -2.36. The van der Waals surface area contributed by atoms with Gasteiger partial charge in [0.2, 0.25) is 15.9 Å². The van der Waals surface area contributed by atoms with E-state index >= 15 is 0 Å². The molecule has 6 nitrogen and oxygen atoms in total. The van der Waals surface area contributed by atoms with Crippen molar-refractivity contribution in [1.82, 2.24) is 9.21 Å².